The third kappa shape index (κ3) is 2.03. The molecule has 2 aliphatic rings. The number of hydrogen-bond acceptors (Lipinski definition) is 3. The third-order valence-electron chi connectivity index (χ3n) is 4.42. The minimum atomic E-state index is -0.617. The van der Waals surface area contributed by atoms with Gasteiger partial charge < -0.3 is 5.73 Å². The molecule has 0 aliphatic carbocycles. The molecule has 2 fully saturated rings. The number of nitriles is 1. The summed E-state index contributed by atoms with van der Waals surface area (Å²) in [7, 11) is 0. The Kier molecular flexibility index (Phi) is 2.85. The molecule has 2 bridgehead atoms. The lowest BCUT2D eigenvalue weighted by atomic mass is 9.79. The summed E-state index contributed by atoms with van der Waals surface area (Å²) >= 11 is 0. The van der Waals surface area contributed by atoms with Crippen LogP contribution in [0.1, 0.15) is 18.4 Å². The summed E-state index contributed by atoms with van der Waals surface area (Å²) in [5, 5.41) is 9.19. The van der Waals surface area contributed by atoms with E-state index in [0.29, 0.717) is 12.0 Å². The summed E-state index contributed by atoms with van der Waals surface area (Å²) in [6, 6.07) is 13.5. The zero-order valence-corrected chi connectivity index (χ0v) is 10.5. The fourth-order valence-electron chi connectivity index (χ4n) is 3.55. The number of hydrogen-bond donors (Lipinski definition) is 1. The first kappa shape index (κ1) is 11.7. The summed E-state index contributed by atoms with van der Waals surface area (Å²) in [4.78, 5) is 2.42. The van der Waals surface area contributed by atoms with Gasteiger partial charge in [0.2, 0.25) is 0 Å². The standard InChI is InChI=1S/C15H19N3/c16-10-15(17)9-13-6-7-18(11-15)14(13)8-12-4-2-1-3-5-12/h1-5,13-14H,6-9,11,17H2/t13-,14?,15-/m0/s1. The van der Waals surface area contributed by atoms with Gasteiger partial charge in [0.1, 0.15) is 5.54 Å². The van der Waals surface area contributed by atoms with E-state index in [1.165, 1.54) is 12.0 Å². The number of fused-ring (bicyclic) bond motifs is 2. The van der Waals surface area contributed by atoms with Gasteiger partial charge in [-0.3, -0.25) is 4.90 Å². The summed E-state index contributed by atoms with van der Waals surface area (Å²) in [5.74, 6) is 0.587. The molecule has 0 saturated carbocycles. The summed E-state index contributed by atoms with van der Waals surface area (Å²) < 4.78 is 0. The van der Waals surface area contributed by atoms with Crippen molar-refractivity contribution in [3.63, 3.8) is 0 Å². The van der Waals surface area contributed by atoms with Gasteiger partial charge in [-0.05, 0) is 37.3 Å². The first-order valence-electron chi connectivity index (χ1n) is 6.68. The van der Waals surface area contributed by atoms with Crippen LogP contribution in [0, 0.1) is 17.2 Å². The Morgan fingerprint density at radius 3 is 2.83 bits per heavy atom. The average molecular weight is 241 g/mol. The maximum Gasteiger partial charge on any atom is 0.117 e. The Hall–Kier alpha value is -1.37. The van der Waals surface area contributed by atoms with Gasteiger partial charge in [0.25, 0.3) is 0 Å². The number of piperidine rings is 1. The highest BCUT2D eigenvalue weighted by atomic mass is 15.2. The molecule has 0 spiro atoms. The van der Waals surface area contributed by atoms with Crippen molar-refractivity contribution in [1.82, 2.24) is 4.90 Å². The van der Waals surface area contributed by atoms with E-state index in [4.69, 9.17) is 5.73 Å². The highest BCUT2D eigenvalue weighted by Gasteiger charge is 2.46. The van der Waals surface area contributed by atoms with Crippen LogP contribution in [0.3, 0.4) is 0 Å². The topological polar surface area (TPSA) is 53.1 Å². The molecule has 3 nitrogen and oxygen atoms in total. The van der Waals surface area contributed by atoms with Crippen LogP contribution in [0.2, 0.25) is 0 Å². The number of nitrogens with two attached hydrogens (primary N) is 1. The van der Waals surface area contributed by atoms with Crippen LogP contribution in [0.4, 0.5) is 0 Å². The highest BCUT2D eigenvalue weighted by molar-refractivity contribution is 5.20. The number of rotatable bonds is 2. The molecule has 3 rings (SSSR count). The van der Waals surface area contributed by atoms with Crippen molar-refractivity contribution in [1.29, 1.82) is 5.26 Å². The Bertz CT molecular complexity index is 448. The van der Waals surface area contributed by atoms with Gasteiger partial charge in [0.05, 0.1) is 6.07 Å². The molecule has 1 aromatic rings. The van der Waals surface area contributed by atoms with Gasteiger partial charge in [-0.15, -0.1) is 0 Å². The van der Waals surface area contributed by atoms with Gasteiger partial charge in [0.15, 0.2) is 0 Å². The summed E-state index contributed by atoms with van der Waals surface area (Å²) in [5.41, 5.74) is 6.90. The van der Waals surface area contributed by atoms with Gasteiger partial charge in [0, 0.05) is 12.6 Å². The Morgan fingerprint density at radius 2 is 2.17 bits per heavy atom. The van der Waals surface area contributed by atoms with E-state index < -0.39 is 5.54 Å². The van der Waals surface area contributed by atoms with Crippen molar-refractivity contribution in [3.05, 3.63) is 35.9 Å². The van der Waals surface area contributed by atoms with E-state index in [2.05, 4.69) is 41.3 Å². The van der Waals surface area contributed by atoms with Gasteiger partial charge in [-0.25, -0.2) is 0 Å². The quantitative estimate of drug-likeness (QED) is 0.854. The minimum absolute atomic E-state index is 0.581. The molecule has 0 aromatic heterocycles. The van der Waals surface area contributed by atoms with Crippen LogP contribution < -0.4 is 5.73 Å². The van der Waals surface area contributed by atoms with Crippen LogP contribution in [-0.2, 0) is 6.42 Å². The van der Waals surface area contributed by atoms with Crippen LogP contribution in [0.25, 0.3) is 0 Å². The van der Waals surface area contributed by atoms with Crippen LogP contribution in [0.15, 0.2) is 30.3 Å². The van der Waals surface area contributed by atoms with E-state index in [9.17, 15) is 5.26 Å². The minimum Gasteiger partial charge on any atom is -0.312 e. The molecular formula is C15H19N3. The fraction of sp³-hybridized carbons (Fsp3) is 0.533. The molecule has 3 heteroatoms. The predicted molar refractivity (Wildman–Crippen MR) is 70.8 cm³/mol. The van der Waals surface area contributed by atoms with E-state index in [-0.39, 0.29) is 0 Å². The lowest BCUT2D eigenvalue weighted by Crippen LogP contribution is -2.57. The molecule has 0 amide bonds. The second kappa shape index (κ2) is 4.38. The molecule has 2 N–H and O–H groups in total. The second-order valence-corrected chi connectivity index (χ2v) is 5.75. The summed E-state index contributed by atoms with van der Waals surface area (Å²) in [6.07, 6.45) is 3.14. The second-order valence-electron chi connectivity index (χ2n) is 5.75. The molecule has 2 aliphatic heterocycles. The lowest BCUT2D eigenvalue weighted by molar-refractivity contribution is 0.131. The predicted octanol–water partition coefficient (Wildman–Crippen LogP) is 1.54. The first-order valence-corrected chi connectivity index (χ1v) is 6.68. The lowest BCUT2D eigenvalue weighted by Gasteiger charge is -2.40. The fourth-order valence-corrected chi connectivity index (χ4v) is 3.55. The van der Waals surface area contributed by atoms with E-state index in [0.717, 1.165) is 25.9 Å². The maximum atomic E-state index is 9.19. The molecular weight excluding hydrogens is 222 g/mol. The van der Waals surface area contributed by atoms with Gasteiger partial charge in [-0.2, -0.15) is 5.26 Å². The van der Waals surface area contributed by atoms with Gasteiger partial charge in [-0.1, -0.05) is 30.3 Å². The molecule has 18 heavy (non-hydrogen) atoms. The van der Waals surface area contributed by atoms with E-state index in [1.807, 2.05) is 0 Å². The molecule has 2 unspecified atom stereocenters. The largest absolute Gasteiger partial charge is 0.312 e. The monoisotopic (exact) mass is 241 g/mol. The SMILES string of the molecule is N#C[C@@]1(N)C[C@@H]2CCN(C1)C2Cc1ccccc1. The van der Waals surface area contributed by atoms with E-state index in [1.54, 1.807) is 0 Å². The average Bonchev–Trinajstić information content (AvgIpc) is 2.64. The van der Waals surface area contributed by atoms with Crippen molar-refractivity contribution in [2.45, 2.75) is 30.8 Å². The normalized spacial score (nSPS) is 38.3. The molecule has 4 atom stereocenters. The molecule has 2 heterocycles. The van der Waals surface area contributed by atoms with Crippen LogP contribution >= 0.6 is 0 Å². The zero-order chi connectivity index (χ0) is 12.6. The maximum absolute atomic E-state index is 9.19. The van der Waals surface area contributed by atoms with Crippen molar-refractivity contribution < 1.29 is 0 Å². The number of benzene rings is 1. The van der Waals surface area contributed by atoms with Crippen LogP contribution in [0.5, 0.6) is 0 Å². The Morgan fingerprint density at radius 1 is 1.39 bits per heavy atom. The van der Waals surface area contributed by atoms with E-state index >= 15 is 0 Å². The van der Waals surface area contributed by atoms with Crippen LogP contribution in [-0.4, -0.2) is 29.6 Å². The van der Waals surface area contributed by atoms with Gasteiger partial charge >= 0.3 is 0 Å². The van der Waals surface area contributed by atoms with Crippen molar-refractivity contribution in [3.8, 4) is 6.07 Å². The molecule has 94 valence electrons. The third-order valence-corrected chi connectivity index (χ3v) is 4.42. The smallest absolute Gasteiger partial charge is 0.117 e. The number of nitrogens with zero attached hydrogens (tertiary/aromatic N) is 2. The van der Waals surface area contributed by atoms with Crippen molar-refractivity contribution >= 4 is 0 Å². The molecule has 0 radical (unpaired) electrons. The molecule has 2 saturated heterocycles. The van der Waals surface area contributed by atoms with Crippen molar-refractivity contribution in [2.24, 2.45) is 11.7 Å². The Balaban J connectivity index is 1.75. The van der Waals surface area contributed by atoms with Crippen molar-refractivity contribution in [2.75, 3.05) is 13.1 Å². The zero-order valence-electron chi connectivity index (χ0n) is 10.5. The summed E-state index contributed by atoms with van der Waals surface area (Å²) in [6.45, 7) is 1.83. The Labute approximate surface area is 108 Å². The first-order chi connectivity index (χ1) is 8.70. The molecule has 1 aromatic carbocycles. The highest BCUT2D eigenvalue weighted by Crippen LogP contribution is 2.38.